The molecule has 0 bridgehead atoms. The lowest BCUT2D eigenvalue weighted by Crippen LogP contribution is -2.45. The Balaban J connectivity index is 1.87. The van der Waals surface area contributed by atoms with E-state index in [1.54, 1.807) is 6.92 Å². The standard InChI is InChI=1S/C23H21N3O7/c1-3-12-24(21(28)16-6-5-7-18(13-16)26(31)32)19-14-20(27)25(22(19)29)17-10-8-15(9-11-17)23(30)33-4-2/h3,5-11,13,19H,1,4,12,14H2,2H3. The summed E-state index contributed by atoms with van der Waals surface area (Å²) in [5.41, 5.74) is 0.271. The smallest absolute Gasteiger partial charge is 0.338 e. The summed E-state index contributed by atoms with van der Waals surface area (Å²) in [4.78, 5) is 63.3. The first-order chi connectivity index (χ1) is 15.8. The molecule has 2 aromatic carbocycles. The monoisotopic (exact) mass is 451 g/mol. The van der Waals surface area contributed by atoms with Crippen LogP contribution in [0.1, 0.15) is 34.1 Å². The van der Waals surface area contributed by atoms with E-state index < -0.39 is 34.7 Å². The first-order valence-corrected chi connectivity index (χ1v) is 10.1. The van der Waals surface area contributed by atoms with Crippen molar-refractivity contribution in [1.29, 1.82) is 0 Å². The zero-order chi connectivity index (χ0) is 24.1. The number of esters is 1. The molecular formula is C23H21N3O7. The largest absolute Gasteiger partial charge is 0.462 e. The number of anilines is 1. The average molecular weight is 451 g/mol. The molecule has 3 rings (SSSR count). The maximum absolute atomic E-state index is 13.1. The van der Waals surface area contributed by atoms with E-state index in [1.165, 1.54) is 53.4 Å². The third-order valence-electron chi connectivity index (χ3n) is 5.03. The van der Waals surface area contributed by atoms with Crippen LogP contribution in [0.3, 0.4) is 0 Å². The Kier molecular flexibility index (Phi) is 6.97. The summed E-state index contributed by atoms with van der Waals surface area (Å²) in [7, 11) is 0. The molecule has 1 heterocycles. The molecule has 0 radical (unpaired) electrons. The fourth-order valence-electron chi connectivity index (χ4n) is 3.50. The molecule has 1 unspecified atom stereocenters. The van der Waals surface area contributed by atoms with Gasteiger partial charge in [-0.3, -0.25) is 24.5 Å². The van der Waals surface area contributed by atoms with Gasteiger partial charge in [-0.25, -0.2) is 9.69 Å². The molecule has 1 fully saturated rings. The van der Waals surface area contributed by atoms with Gasteiger partial charge in [0, 0.05) is 24.2 Å². The molecule has 10 nitrogen and oxygen atoms in total. The van der Waals surface area contributed by atoms with Crippen LogP contribution in [0.25, 0.3) is 0 Å². The van der Waals surface area contributed by atoms with Crippen LogP contribution in [0.2, 0.25) is 0 Å². The molecule has 170 valence electrons. The summed E-state index contributed by atoms with van der Waals surface area (Å²) in [6, 6.07) is 9.82. The maximum atomic E-state index is 13.1. The molecule has 10 heteroatoms. The van der Waals surface area contributed by atoms with Crippen LogP contribution in [0, 0.1) is 10.1 Å². The summed E-state index contributed by atoms with van der Waals surface area (Å²) in [5, 5.41) is 11.1. The highest BCUT2D eigenvalue weighted by Gasteiger charge is 2.44. The second kappa shape index (κ2) is 9.86. The fourth-order valence-corrected chi connectivity index (χ4v) is 3.50. The summed E-state index contributed by atoms with van der Waals surface area (Å²) in [6.45, 7) is 5.45. The van der Waals surface area contributed by atoms with E-state index in [4.69, 9.17) is 4.74 Å². The zero-order valence-corrected chi connectivity index (χ0v) is 17.8. The molecule has 33 heavy (non-hydrogen) atoms. The number of amides is 3. The van der Waals surface area contributed by atoms with Gasteiger partial charge in [-0.1, -0.05) is 12.1 Å². The second-order valence-electron chi connectivity index (χ2n) is 7.11. The molecule has 0 spiro atoms. The molecule has 1 aliphatic rings. The fraction of sp³-hybridized carbons (Fsp3) is 0.217. The SMILES string of the molecule is C=CCN(C(=O)c1cccc([N+](=O)[O-])c1)C1CC(=O)N(c2ccc(C(=O)OCC)cc2)C1=O. The molecule has 0 aliphatic carbocycles. The Morgan fingerprint density at radius 2 is 1.91 bits per heavy atom. The molecule has 2 aromatic rings. The van der Waals surface area contributed by atoms with Crippen LogP contribution >= 0.6 is 0 Å². The number of imide groups is 1. The highest BCUT2D eigenvalue weighted by molar-refractivity contribution is 6.23. The van der Waals surface area contributed by atoms with E-state index in [1.807, 2.05) is 0 Å². The lowest BCUT2D eigenvalue weighted by molar-refractivity contribution is -0.384. The minimum atomic E-state index is -1.10. The van der Waals surface area contributed by atoms with Crippen molar-refractivity contribution in [3.63, 3.8) is 0 Å². The Morgan fingerprint density at radius 1 is 1.21 bits per heavy atom. The number of rotatable bonds is 8. The average Bonchev–Trinajstić information content (AvgIpc) is 3.10. The van der Waals surface area contributed by atoms with Gasteiger partial charge in [0.1, 0.15) is 6.04 Å². The molecule has 0 N–H and O–H groups in total. The van der Waals surface area contributed by atoms with Gasteiger partial charge < -0.3 is 9.64 Å². The number of carbonyl (C=O) groups excluding carboxylic acids is 4. The van der Waals surface area contributed by atoms with E-state index in [9.17, 15) is 29.3 Å². The van der Waals surface area contributed by atoms with Crippen molar-refractivity contribution in [2.24, 2.45) is 0 Å². The van der Waals surface area contributed by atoms with Gasteiger partial charge in [0.25, 0.3) is 17.5 Å². The van der Waals surface area contributed by atoms with Gasteiger partial charge in [-0.05, 0) is 37.3 Å². The molecule has 1 saturated heterocycles. The third-order valence-corrected chi connectivity index (χ3v) is 5.03. The molecule has 3 amide bonds. The first kappa shape index (κ1) is 23.3. The van der Waals surface area contributed by atoms with Crippen molar-refractivity contribution >= 4 is 35.1 Å². The Morgan fingerprint density at radius 3 is 2.52 bits per heavy atom. The number of hydrogen-bond donors (Lipinski definition) is 0. The molecule has 0 aromatic heterocycles. The van der Waals surface area contributed by atoms with Crippen molar-refractivity contribution in [3.05, 3.63) is 82.4 Å². The molecular weight excluding hydrogens is 430 g/mol. The van der Waals surface area contributed by atoms with E-state index >= 15 is 0 Å². The van der Waals surface area contributed by atoms with Crippen LogP contribution in [-0.4, -0.2) is 52.7 Å². The van der Waals surface area contributed by atoms with Gasteiger partial charge in [-0.2, -0.15) is 0 Å². The Labute approximate surface area is 189 Å². The van der Waals surface area contributed by atoms with Crippen molar-refractivity contribution < 1.29 is 28.8 Å². The van der Waals surface area contributed by atoms with Crippen LogP contribution in [0.4, 0.5) is 11.4 Å². The zero-order valence-electron chi connectivity index (χ0n) is 17.8. The summed E-state index contributed by atoms with van der Waals surface area (Å²) >= 11 is 0. The number of benzene rings is 2. The summed E-state index contributed by atoms with van der Waals surface area (Å²) in [6.07, 6.45) is 1.15. The van der Waals surface area contributed by atoms with E-state index in [0.29, 0.717) is 0 Å². The van der Waals surface area contributed by atoms with Crippen molar-refractivity contribution in [2.45, 2.75) is 19.4 Å². The summed E-state index contributed by atoms with van der Waals surface area (Å²) in [5.74, 6) is -2.30. The highest BCUT2D eigenvalue weighted by Crippen LogP contribution is 2.27. The summed E-state index contributed by atoms with van der Waals surface area (Å²) < 4.78 is 4.92. The van der Waals surface area contributed by atoms with Crippen LogP contribution < -0.4 is 4.90 Å². The predicted molar refractivity (Wildman–Crippen MR) is 118 cm³/mol. The van der Waals surface area contributed by atoms with Gasteiger partial charge in [-0.15, -0.1) is 6.58 Å². The van der Waals surface area contributed by atoms with E-state index in [2.05, 4.69) is 6.58 Å². The number of nitro benzene ring substituents is 1. The van der Waals surface area contributed by atoms with Gasteiger partial charge in [0.05, 0.1) is 29.2 Å². The minimum Gasteiger partial charge on any atom is -0.462 e. The van der Waals surface area contributed by atoms with Gasteiger partial charge in [0.15, 0.2) is 0 Å². The molecule has 1 aliphatic heterocycles. The number of hydrogen-bond acceptors (Lipinski definition) is 7. The number of nitrogens with zero attached hydrogens (tertiary/aromatic N) is 3. The van der Waals surface area contributed by atoms with Crippen LogP contribution in [0.15, 0.2) is 61.2 Å². The van der Waals surface area contributed by atoms with Crippen molar-refractivity contribution in [2.75, 3.05) is 18.1 Å². The van der Waals surface area contributed by atoms with Crippen molar-refractivity contribution in [3.8, 4) is 0 Å². The third kappa shape index (κ3) is 4.79. The van der Waals surface area contributed by atoms with Crippen LogP contribution in [-0.2, 0) is 14.3 Å². The van der Waals surface area contributed by atoms with Gasteiger partial charge in [0.2, 0.25) is 5.91 Å². The van der Waals surface area contributed by atoms with Crippen molar-refractivity contribution in [1.82, 2.24) is 4.90 Å². The maximum Gasteiger partial charge on any atom is 0.338 e. The molecule has 0 saturated carbocycles. The lowest BCUT2D eigenvalue weighted by Gasteiger charge is -2.26. The second-order valence-corrected chi connectivity index (χ2v) is 7.11. The minimum absolute atomic E-state index is 0.0172. The first-order valence-electron chi connectivity index (χ1n) is 10.1. The predicted octanol–water partition coefficient (Wildman–Crippen LogP) is 2.73. The quantitative estimate of drug-likeness (QED) is 0.198. The number of nitro groups is 1. The Bertz CT molecular complexity index is 1130. The highest BCUT2D eigenvalue weighted by atomic mass is 16.6. The lowest BCUT2D eigenvalue weighted by atomic mass is 10.1. The topological polar surface area (TPSA) is 127 Å². The van der Waals surface area contributed by atoms with E-state index in [0.717, 1.165) is 11.0 Å². The van der Waals surface area contributed by atoms with Crippen LogP contribution in [0.5, 0.6) is 0 Å². The number of non-ortho nitro benzene ring substituents is 1. The number of ether oxygens (including phenoxy) is 1. The number of carbonyl (C=O) groups is 4. The van der Waals surface area contributed by atoms with E-state index in [-0.39, 0.29) is 42.1 Å². The van der Waals surface area contributed by atoms with Gasteiger partial charge >= 0.3 is 5.97 Å². The normalized spacial score (nSPS) is 15.3. The molecule has 1 atom stereocenters. The Hall–Kier alpha value is -4.34.